The maximum Gasteiger partial charge on any atom is 0.335 e. The highest BCUT2D eigenvalue weighted by molar-refractivity contribution is 6.28. The second-order valence-corrected chi connectivity index (χ2v) is 5.52. The van der Waals surface area contributed by atoms with Gasteiger partial charge in [0, 0.05) is 18.8 Å². The van der Waals surface area contributed by atoms with Crippen LogP contribution in [0, 0.1) is 0 Å². The molecule has 0 unspecified atom stereocenters. The fourth-order valence-electron chi connectivity index (χ4n) is 2.33. The predicted molar refractivity (Wildman–Crippen MR) is 87.6 cm³/mol. The number of fused-ring (bicyclic) bond motifs is 1. The van der Waals surface area contributed by atoms with Crippen molar-refractivity contribution < 1.29 is 0 Å². The Morgan fingerprint density at radius 3 is 2.64 bits per heavy atom. The van der Waals surface area contributed by atoms with Gasteiger partial charge in [0.1, 0.15) is 5.82 Å². The monoisotopic (exact) mass is 314 g/mol. The highest BCUT2D eigenvalue weighted by Crippen LogP contribution is 2.17. The van der Waals surface area contributed by atoms with E-state index in [1.54, 1.807) is 21.4 Å². The highest BCUT2D eigenvalue weighted by Gasteiger charge is 2.14. The summed E-state index contributed by atoms with van der Waals surface area (Å²) < 4.78 is 3.28. The number of rotatable bonds is 3. The first-order valence-electron chi connectivity index (χ1n) is 6.90. The van der Waals surface area contributed by atoms with Crippen LogP contribution in [0.25, 0.3) is 16.9 Å². The van der Waals surface area contributed by atoms with Gasteiger partial charge in [-0.3, -0.25) is 4.57 Å². The van der Waals surface area contributed by atoms with Gasteiger partial charge in [-0.05, 0) is 37.6 Å². The number of hydrogen-bond acceptors (Lipinski definition) is 3. The van der Waals surface area contributed by atoms with Crippen molar-refractivity contribution in [2.45, 2.75) is 20.4 Å². The Morgan fingerprint density at radius 2 is 1.95 bits per heavy atom. The number of allylic oxidation sites excluding steroid dienone is 2. The van der Waals surface area contributed by atoms with Crippen molar-refractivity contribution in [3.8, 4) is 5.82 Å². The molecule has 0 atom stereocenters. The molecule has 22 heavy (non-hydrogen) atoms. The molecule has 0 aliphatic heterocycles. The number of halogens is 1. The molecule has 2 heterocycles. The Balaban J connectivity index is 2.29. The molecule has 0 N–H and O–H groups in total. The van der Waals surface area contributed by atoms with Gasteiger partial charge in [0.2, 0.25) is 5.28 Å². The molecule has 0 saturated heterocycles. The minimum atomic E-state index is -0.145. The van der Waals surface area contributed by atoms with Crippen molar-refractivity contribution in [2.24, 2.45) is 0 Å². The summed E-state index contributed by atoms with van der Waals surface area (Å²) in [5.74, 6) is 0.470. The van der Waals surface area contributed by atoms with Gasteiger partial charge in [0.25, 0.3) is 0 Å². The molecule has 112 valence electrons. The third kappa shape index (κ3) is 2.55. The molecular formula is C16H15ClN4O. The Labute approximate surface area is 132 Å². The first-order chi connectivity index (χ1) is 10.6. The van der Waals surface area contributed by atoms with Crippen molar-refractivity contribution >= 4 is 22.6 Å². The number of para-hydroxylation sites is 2. The van der Waals surface area contributed by atoms with Crippen molar-refractivity contribution in [1.82, 2.24) is 19.1 Å². The van der Waals surface area contributed by atoms with Crippen LogP contribution in [0.5, 0.6) is 0 Å². The molecule has 0 aliphatic carbocycles. The number of imidazole rings is 1. The van der Waals surface area contributed by atoms with Crippen molar-refractivity contribution in [1.29, 1.82) is 0 Å². The van der Waals surface area contributed by atoms with E-state index in [0.29, 0.717) is 12.4 Å². The van der Waals surface area contributed by atoms with Crippen molar-refractivity contribution in [2.75, 3.05) is 0 Å². The van der Waals surface area contributed by atoms with Crippen LogP contribution in [-0.2, 0) is 6.54 Å². The van der Waals surface area contributed by atoms with Gasteiger partial charge in [-0.1, -0.05) is 23.8 Å². The molecule has 1 aromatic carbocycles. The number of benzene rings is 1. The van der Waals surface area contributed by atoms with Crippen LogP contribution < -0.4 is 5.69 Å². The minimum Gasteiger partial charge on any atom is -0.288 e. The van der Waals surface area contributed by atoms with E-state index in [1.807, 2.05) is 44.2 Å². The SMILES string of the molecule is CC(C)=CCn1c(=O)n(-c2ccnc(Cl)n2)c2ccccc21. The van der Waals surface area contributed by atoms with E-state index in [1.165, 1.54) is 0 Å². The maximum absolute atomic E-state index is 12.8. The van der Waals surface area contributed by atoms with E-state index in [0.717, 1.165) is 16.6 Å². The minimum absolute atomic E-state index is 0.116. The van der Waals surface area contributed by atoms with E-state index in [4.69, 9.17) is 11.6 Å². The Morgan fingerprint density at radius 1 is 1.23 bits per heavy atom. The number of aromatic nitrogens is 4. The van der Waals surface area contributed by atoms with Crippen LogP contribution >= 0.6 is 11.6 Å². The smallest absolute Gasteiger partial charge is 0.288 e. The summed E-state index contributed by atoms with van der Waals surface area (Å²) in [4.78, 5) is 20.8. The summed E-state index contributed by atoms with van der Waals surface area (Å²) >= 11 is 5.85. The van der Waals surface area contributed by atoms with Crippen LogP contribution in [0.1, 0.15) is 13.8 Å². The lowest BCUT2D eigenvalue weighted by Crippen LogP contribution is -2.23. The molecule has 0 spiro atoms. The van der Waals surface area contributed by atoms with Gasteiger partial charge in [-0.15, -0.1) is 0 Å². The Bertz CT molecular complexity index is 919. The third-order valence-electron chi connectivity index (χ3n) is 3.36. The predicted octanol–water partition coefficient (Wildman–Crippen LogP) is 3.20. The molecule has 3 rings (SSSR count). The quantitative estimate of drug-likeness (QED) is 0.551. The highest BCUT2D eigenvalue weighted by atomic mass is 35.5. The fraction of sp³-hybridized carbons (Fsp3) is 0.188. The van der Waals surface area contributed by atoms with Crippen LogP contribution in [0.3, 0.4) is 0 Å². The Hall–Kier alpha value is -2.40. The van der Waals surface area contributed by atoms with Crippen LogP contribution in [0.4, 0.5) is 0 Å². The van der Waals surface area contributed by atoms with E-state index in [-0.39, 0.29) is 11.0 Å². The molecule has 5 nitrogen and oxygen atoms in total. The summed E-state index contributed by atoms with van der Waals surface area (Å²) in [7, 11) is 0. The van der Waals surface area contributed by atoms with Gasteiger partial charge >= 0.3 is 5.69 Å². The zero-order valence-corrected chi connectivity index (χ0v) is 13.1. The van der Waals surface area contributed by atoms with E-state index < -0.39 is 0 Å². The lowest BCUT2D eigenvalue weighted by atomic mass is 10.3. The molecule has 0 fully saturated rings. The molecule has 0 amide bonds. The summed E-state index contributed by atoms with van der Waals surface area (Å²) in [6.45, 7) is 4.54. The second kappa shape index (κ2) is 5.77. The topological polar surface area (TPSA) is 52.7 Å². The standard InChI is InChI=1S/C16H15ClN4O/c1-11(2)8-10-20-12-5-3-4-6-13(12)21(16(20)22)14-7-9-18-15(17)19-14/h3-9H,10H2,1-2H3. The normalized spacial score (nSPS) is 10.9. The molecule has 2 aromatic heterocycles. The Kier molecular flexibility index (Phi) is 3.81. The molecule has 0 bridgehead atoms. The van der Waals surface area contributed by atoms with Crippen LogP contribution in [-0.4, -0.2) is 19.1 Å². The van der Waals surface area contributed by atoms with E-state index in [2.05, 4.69) is 9.97 Å². The average molecular weight is 315 g/mol. The van der Waals surface area contributed by atoms with Gasteiger partial charge in [-0.25, -0.2) is 14.3 Å². The molecule has 6 heteroatoms. The second-order valence-electron chi connectivity index (χ2n) is 5.18. The fourth-order valence-corrected chi connectivity index (χ4v) is 2.47. The van der Waals surface area contributed by atoms with Gasteiger partial charge in [-0.2, -0.15) is 4.98 Å². The lowest BCUT2D eigenvalue weighted by molar-refractivity contribution is 0.769. The van der Waals surface area contributed by atoms with Gasteiger partial charge < -0.3 is 0 Å². The zero-order chi connectivity index (χ0) is 15.7. The lowest BCUT2D eigenvalue weighted by Gasteiger charge is -2.01. The zero-order valence-electron chi connectivity index (χ0n) is 12.3. The number of nitrogens with zero attached hydrogens (tertiary/aromatic N) is 4. The molecule has 0 aliphatic rings. The third-order valence-corrected chi connectivity index (χ3v) is 3.54. The van der Waals surface area contributed by atoms with E-state index >= 15 is 0 Å². The average Bonchev–Trinajstić information content (AvgIpc) is 2.77. The summed E-state index contributed by atoms with van der Waals surface area (Å²) in [6.07, 6.45) is 3.56. The summed E-state index contributed by atoms with van der Waals surface area (Å²) in [5.41, 5.74) is 2.67. The van der Waals surface area contributed by atoms with Crippen LogP contribution in [0.15, 0.2) is 53.0 Å². The van der Waals surface area contributed by atoms with Crippen molar-refractivity contribution in [3.63, 3.8) is 0 Å². The first-order valence-corrected chi connectivity index (χ1v) is 7.28. The molecule has 3 aromatic rings. The maximum atomic E-state index is 12.8. The first kappa shape index (κ1) is 14.5. The summed E-state index contributed by atoms with van der Waals surface area (Å²) in [5, 5.41) is 0.116. The van der Waals surface area contributed by atoms with Gasteiger partial charge in [0.05, 0.1) is 11.0 Å². The van der Waals surface area contributed by atoms with Gasteiger partial charge in [0.15, 0.2) is 0 Å². The van der Waals surface area contributed by atoms with E-state index in [9.17, 15) is 4.79 Å². The largest absolute Gasteiger partial charge is 0.335 e. The van der Waals surface area contributed by atoms with Crippen LogP contribution in [0.2, 0.25) is 5.28 Å². The molecular weight excluding hydrogens is 300 g/mol. The molecule has 0 radical (unpaired) electrons. The molecule has 0 saturated carbocycles. The van der Waals surface area contributed by atoms with Crippen molar-refractivity contribution in [3.05, 3.63) is 63.9 Å². The summed E-state index contributed by atoms with van der Waals surface area (Å²) in [6, 6.07) is 9.30. The number of hydrogen-bond donors (Lipinski definition) is 0.